The summed E-state index contributed by atoms with van der Waals surface area (Å²) < 4.78 is 8.88. The lowest BCUT2D eigenvalue weighted by Crippen LogP contribution is -2.23. The standard InChI is InChI=1S/C24H24N4O3/c1-16-13-19-9-7-8-12-21(19)27(16)14-23(30)31-15-22(29)25-24-17(2)26-28(18(24)3)20-10-5-4-6-11-20/h4-13H,14-15H2,1-3H3,(H,25,29). The van der Waals surface area contributed by atoms with Crippen LogP contribution in [-0.2, 0) is 20.9 Å². The third kappa shape index (κ3) is 4.21. The summed E-state index contributed by atoms with van der Waals surface area (Å²) in [4.78, 5) is 24.8. The quantitative estimate of drug-likeness (QED) is 0.483. The smallest absolute Gasteiger partial charge is 0.326 e. The third-order valence-corrected chi connectivity index (χ3v) is 5.23. The molecule has 7 heteroatoms. The van der Waals surface area contributed by atoms with Crippen molar-refractivity contribution in [3.05, 3.63) is 77.7 Å². The Bertz CT molecular complexity index is 1250. The topological polar surface area (TPSA) is 78.2 Å². The van der Waals surface area contributed by atoms with E-state index in [1.165, 1.54) is 0 Å². The summed E-state index contributed by atoms with van der Waals surface area (Å²) in [7, 11) is 0. The number of amides is 1. The van der Waals surface area contributed by atoms with Crippen LogP contribution in [0.3, 0.4) is 0 Å². The molecule has 0 aliphatic carbocycles. The highest BCUT2D eigenvalue weighted by Gasteiger charge is 2.17. The van der Waals surface area contributed by atoms with Crippen LogP contribution in [0.2, 0.25) is 0 Å². The van der Waals surface area contributed by atoms with E-state index < -0.39 is 11.9 Å². The molecule has 1 amide bonds. The van der Waals surface area contributed by atoms with Crippen molar-refractivity contribution in [1.29, 1.82) is 0 Å². The first-order chi connectivity index (χ1) is 14.9. The van der Waals surface area contributed by atoms with E-state index in [9.17, 15) is 9.59 Å². The fourth-order valence-electron chi connectivity index (χ4n) is 3.70. The van der Waals surface area contributed by atoms with E-state index in [2.05, 4.69) is 10.4 Å². The summed E-state index contributed by atoms with van der Waals surface area (Å²) >= 11 is 0. The first-order valence-electron chi connectivity index (χ1n) is 10.1. The molecule has 2 aromatic carbocycles. The van der Waals surface area contributed by atoms with Crippen LogP contribution in [0.1, 0.15) is 17.1 Å². The number of anilines is 1. The monoisotopic (exact) mass is 416 g/mol. The number of hydrogen-bond acceptors (Lipinski definition) is 4. The lowest BCUT2D eigenvalue weighted by Gasteiger charge is -2.10. The number of para-hydroxylation sites is 2. The average molecular weight is 416 g/mol. The molecule has 0 spiro atoms. The van der Waals surface area contributed by atoms with Gasteiger partial charge >= 0.3 is 5.97 Å². The van der Waals surface area contributed by atoms with Crippen molar-refractivity contribution in [3.63, 3.8) is 0 Å². The number of aromatic nitrogens is 3. The van der Waals surface area contributed by atoms with Crippen LogP contribution in [-0.4, -0.2) is 32.8 Å². The molecule has 158 valence electrons. The second-order valence-electron chi connectivity index (χ2n) is 7.43. The molecule has 0 saturated heterocycles. The Kier molecular flexibility index (Phi) is 5.58. The van der Waals surface area contributed by atoms with Crippen LogP contribution in [0.15, 0.2) is 60.7 Å². The van der Waals surface area contributed by atoms with Crippen molar-refractivity contribution in [2.24, 2.45) is 0 Å². The van der Waals surface area contributed by atoms with Crippen molar-refractivity contribution < 1.29 is 14.3 Å². The van der Waals surface area contributed by atoms with E-state index in [0.29, 0.717) is 11.4 Å². The molecule has 4 aromatic rings. The first-order valence-corrected chi connectivity index (χ1v) is 10.1. The number of carbonyl (C=O) groups is 2. The zero-order valence-electron chi connectivity index (χ0n) is 17.8. The molecular weight excluding hydrogens is 392 g/mol. The minimum absolute atomic E-state index is 0.0522. The SMILES string of the molecule is Cc1nn(-c2ccccc2)c(C)c1NC(=O)COC(=O)Cn1c(C)cc2ccccc21. The predicted molar refractivity (Wildman–Crippen MR) is 119 cm³/mol. The van der Waals surface area contributed by atoms with Crippen LogP contribution in [0, 0.1) is 20.8 Å². The van der Waals surface area contributed by atoms with Crippen LogP contribution in [0.5, 0.6) is 0 Å². The summed E-state index contributed by atoms with van der Waals surface area (Å²) in [5.74, 6) is -0.866. The van der Waals surface area contributed by atoms with Crippen molar-refractivity contribution in [3.8, 4) is 5.69 Å². The maximum atomic E-state index is 12.4. The molecule has 0 saturated carbocycles. The van der Waals surface area contributed by atoms with E-state index in [4.69, 9.17) is 4.74 Å². The molecule has 2 aromatic heterocycles. The van der Waals surface area contributed by atoms with Gasteiger partial charge in [0.25, 0.3) is 5.91 Å². The number of benzene rings is 2. The Hall–Kier alpha value is -3.87. The second kappa shape index (κ2) is 8.47. The number of aryl methyl sites for hydroxylation is 2. The van der Waals surface area contributed by atoms with Gasteiger partial charge in [-0.15, -0.1) is 0 Å². The Balaban J connectivity index is 1.39. The molecule has 7 nitrogen and oxygen atoms in total. The number of rotatable bonds is 6. The summed E-state index contributed by atoms with van der Waals surface area (Å²) in [6.07, 6.45) is 0. The molecule has 0 unspecified atom stereocenters. The van der Waals surface area contributed by atoms with Crippen LogP contribution >= 0.6 is 0 Å². The largest absolute Gasteiger partial charge is 0.454 e. The van der Waals surface area contributed by atoms with E-state index in [0.717, 1.165) is 28.0 Å². The fraction of sp³-hybridized carbons (Fsp3) is 0.208. The molecule has 0 fully saturated rings. The van der Waals surface area contributed by atoms with E-state index in [1.54, 1.807) is 4.68 Å². The highest BCUT2D eigenvalue weighted by molar-refractivity contribution is 5.94. The van der Waals surface area contributed by atoms with Crippen LogP contribution in [0.25, 0.3) is 16.6 Å². The maximum absolute atomic E-state index is 12.4. The van der Waals surface area contributed by atoms with Gasteiger partial charge in [-0.1, -0.05) is 36.4 Å². The van der Waals surface area contributed by atoms with E-state index in [1.807, 2.05) is 86.0 Å². The van der Waals surface area contributed by atoms with E-state index >= 15 is 0 Å². The van der Waals surface area contributed by atoms with Crippen molar-refractivity contribution >= 4 is 28.5 Å². The molecule has 1 N–H and O–H groups in total. The Morgan fingerprint density at radius 3 is 2.48 bits per heavy atom. The van der Waals surface area contributed by atoms with Gasteiger partial charge in [0.2, 0.25) is 0 Å². The highest BCUT2D eigenvalue weighted by atomic mass is 16.5. The van der Waals surface area contributed by atoms with Gasteiger partial charge in [-0.05, 0) is 50.4 Å². The Morgan fingerprint density at radius 2 is 1.71 bits per heavy atom. The average Bonchev–Trinajstić information content (AvgIpc) is 3.23. The number of nitrogens with one attached hydrogen (secondary N) is 1. The van der Waals surface area contributed by atoms with Crippen molar-refractivity contribution in [2.75, 3.05) is 11.9 Å². The molecule has 0 atom stereocenters. The number of fused-ring (bicyclic) bond motifs is 1. The molecule has 0 aliphatic rings. The zero-order chi connectivity index (χ0) is 22.0. The Labute approximate surface area is 180 Å². The van der Waals surface area contributed by atoms with Gasteiger partial charge in [0.1, 0.15) is 6.54 Å². The number of hydrogen-bond donors (Lipinski definition) is 1. The minimum Gasteiger partial charge on any atom is -0.454 e. The number of esters is 1. The van der Waals surface area contributed by atoms with Gasteiger partial charge < -0.3 is 14.6 Å². The molecule has 0 aliphatic heterocycles. The van der Waals surface area contributed by atoms with Gasteiger partial charge in [-0.3, -0.25) is 9.59 Å². The number of ether oxygens (including phenoxy) is 1. The van der Waals surface area contributed by atoms with Crippen molar-refractivity contribution in [1.82, 2.24) is 14.3 Å². The van der Waals surface area contributed by atoms with Crippen LogP contribution in [0.4, 0.5) is 5.69 Å². The zero-order valence-corrected chi connectivity index (χ0v) is 17.8. The first kappa shape index (κ1) is 20.4. The predicted octanol–water partition coefficient (Wildman–Crippen LogP) is 3.93. The molecule has 31 heavy (non-hydrogen) atoms. The van der Waals surface area contributed by atoms with Gasteiger partial charge in [-0.2, -0.15) is 5.10 Å². The second-order valence-corrected chi connectivity index (χ2v) is 7.43. The molecule has 0 bridgehead atoms. The highest BCUT2D eigenvalue weighted by Crippen LogP contribution is 2.23. The van der Waals surface area contributed by atoms with Crippen molar-refractivity contribution in [2.45, 2.75) is 27.3 Å². The van der Waals surface area contributed by atoms with Crippen LogP contribution < -0.4 is 5.32 Å². The lowest BCUT2D eigenvalue weighted by atomic mass is 10.2. The summed E-state index contributed by atoms with van der Waals surface area (Å²) in [6, 6.07) is 19.5. The van der Waals surface area contributed by atoms with E-state index in [-0.39, 0.29) is 13.2 Å². The summed E-state index contributed by atoms with van der Waals surface area (Å²) in [6.45, 7) is 5.35. The molecule has 2 heterocycles. The summed E-state index contributed by atoms with van der Waals surface area (Å²) in [5.41, 5.74) is 4.94. The number of carbonyl (C=O) groups excluding carboxylic acids is 2. The maximum Gasteiger partial charge on any atom is 0.326 e. The number of nitrogens with zero attached hydrogens (tertiary/aromatic N) is 3. The Morgan fingerprint density at radius 1 is 1.00 bits per heavy atom. The van der Waals surface area contributed by atoms with Gasteiger partial charge in [0.15, 0.2) is 6.61 Å². The molecule has 0 radical (unpaired) electrons. The van der Waals surface area contributed by atoms with Gasteiger partial charge in [-0.25, -0.2) is 4.68 Å². The third-order valence-electron chi connectivity index (χ3n) is 5.23. The molecule has 4 rings (SSSR count). The van der Waals surface area contributed by atoms with Gasteiger partial charge in [0.05, 0.1) is 22.8 Å². The lowest BCUT2D eigenvalue weighted by molar-refractivity contribution is -0.147. The fourth-order valence-corrected chi connectivity index (χ4v) is 3.70. The van der Waals surface area contributed by atoms with Gasteiger partial charge in [0, 0.05) is 11.2 Å². The summed E-state index contributed by atoms with van der Waals surface area (Å²) in [5, 5.41) is 8.39. The molecular formula is C24H24N4O3. The normalized spacial score (nSPS) is 10.9. The minimum atomic E-state index is -0.465.